The second kappa shape index (κ2) is 6.62. The van der Waals surface area contributed by atoms with Gasteiger partial charge in [-0.15, -0.1) is 11.3 Å². The number of thiazole rings is 1. The number of likely N-dealkylation sites (tertiary alicyclic amines) is 1. The van der Waals surface area contributed by atoms with E-state index in [1.165, 1.54) is 21.0 Å². The highest BCUT2D eigenvalue weighted by Crippen LogP contribution is 2.28. The standard InChI is InChI=1S/C15H20N2O3S2/c18-22(19,20)11-4-3-9-17-10-5-7-13(17)15-16-12-6-1-2-8-14(12)21-15/h1-2,6,8,13H,3-5,7,9-11H2,(H,18,19,20)/t13-/m1/s1. The summed E-state index contributed by atoms with van der Waals surface area (Å²) in [6.45, 7) is 2.01. The first-order valence-electron chi connectivity index (χ1n) is 7.66. The molecule has 0 radical (unpaired) electrons. The van der Waals surface area contributed by atoms with Gasteiger partial charge in [0.15, 0.2) is 5.01 Å². The number of aromatic nitrogens is 1. The maximum absolute atomic E-state index is 10.6. The Morgan fingerprint density at radius 3 is 2.91 bits per heavy atom. The molecular formula is C15H20N2O3S2. The first-order chi connectivity index (χ1) is 10.5. The molecule has 1 N–H and O–H groups in total. The van der Waals surface area contributed by atoms with E-state index in [2.05, 4.69) is 6.07 Å². The highest BCUT2D eigenvalue weighted by atomic mass is 32.2. The highest BCUT2D eigenvalue weighted by Gasteiger charge is 2.32. The van der Waals surface area contributed by atoms with Gasteiger partial charge in [0.05, 0.1) is 33.4 Å². The lowest BCUT2D eigenvalue weighted by Gasteiger charge is -2.19. The molecule has 1 aromatic carbocycles. The van der Waals surface area contributed by atoms with Crippen LogP contribution in [0.2, 0.25) is 0 Å². The average molecular weight is 340 g/mol. The topological polar surface area (TPSA) is 74.5 Å². The molecule has 3 rings (SSSR count). The van der Waals surface area contributed by atoms with Gasteiger partial charge < -0.3 is 9.45 Å². The van der Waals surface area contributed by atoms with Gasteiger partial charge in [0.25, 0.3) is 0 Å². The lowest BCUT2D eigenvalue weighted by molar-refractivity contribution is -0.918. The van der Waals surface area contributed by atoms with Gasteiger partial charge in [-0.3, -0.25) is 0 Å². The Morgan fingerprint density at radius 1 is 1.32 bits per heavy atom. The zero-order valence-corrected chi connectivity index (χ0v) is 14.0. The molecule has 0 bridgehead atoms. The van der Waals surface area contributed by atoms with Crippen molar-refractivity contribution in [2.24, 2.45) is 0 Å². The van der Waals surface area contributed by atoms with Crippen LogP contribution in [-0.4, -0.2) is 36.8 Å². The van der Waals surface area contributed by atoms with Crippen molar-refractivity contribution in [2.75, 3.05) is 18.8 Å². The number of benzene rings is 1. The molecule has 1 fully saturated rings. The van der Waals surface area contributed by atoms with E-state index in [0.29, 0.717) is 12.5 Å². The third-order valence-electron chi connectivity index (χ3n) is 4.23. The largest absolute Gasteiger partial charge is 0.748 e. The minimum absolute atomic E-state index is 0.244. The molecule has 0 spiro atoms. The van der Waals surface area contributed by atoms with E-state index in [4.69, 9.17) is 4.98 Å². The van der Waals surface area contributed by atoms with Gasteiger partial charge in [-0.1, -0.05) is 12.1 Å². The molecule has 7 heteroatoms. The molecule has 2 atom stereocenters. The fourth-order valence-electron chi connectivity index (χ4n) is 3.18. The summed E-state index contributed by atoms with van der Waals surface area (Å²) < 4.78 is 33.1. The minimum atomic E-state index is -4.07. The highest BCUT2D eigenvalue weighted by molar-refractivity contribution is 7.85. The summed E-state index contributed by atoms with van der Waals surface area (Å²) in [6, 6.07) is 8.61. The number of fused-ring (bicyclic) bond motifs is 1. The molecule has 1 unspecified atom stereocenters. The van der Waals surface area contributed by atoms with Crippen molar-refractivity contribution in [3.05, 3.63) is 29.3 Å². The van der Waals surface area contributed by atoms with E-state index in [9.17, 15) is 13.0 Å². The third-order valence-corrected chi connectivity index (χ3v) is 6.17. The molecular weight excluding hydrogens is 320 g/mol. The number of hydrogen-bond acceptors (Lipinski definition) is 5. The van der Waals surface area contributed by atoms with Crippen LogP contribution < -0.4 is 4.90 Å². The molecule has 1 aliphatic rings. The van der Waals surface area contributed by atoms with Crippen molar-refractivity contribution < 1.29 is 17.9 Å². The summed E-state index contributed by atoms with van der Waals surface area (Å²) in [7, 11) is -4.07. The first-order valence-corrected chi connectivity index (χ1v) is 10.1. The van der Waals surface area contributed by atoms with Crippen molar-refractivity contribution in [2.45, 2.75) is 31.7 Å². The molecule has 1 aromatic heterocycles. The summed E-state index contributed by atoms with van der Waals surface area (Å²) in [4.78, 5) is 6.24. The van der Waals surface area contributed by atoms with Crippen molar-refractivity contribution in [1.82, 2.24) is 4.98 Å². The van der Waals surface area contributed by atoms with Gasteiger partial charge in [0.1, 0.15) is 6.04 Å². The molecule has 2 aromatic rings. The Hall–Kier alpha value is -1.02. The zero-order chi connectivity index (χ0) is 15.6. The Bertz CT molecular complexity index is 709. The van der Waals surface area contributed by atoms with E-state index < -0.39 is 10.1 Å². The smallest absolute Gasteiger partial charge is 0.151 e. The van der Waals surface area contributed by atoms with Gasteiger partial charge >= 0.3 is 0 Å². The quantitative estimate of drug-likeness (QED) is 0.636. The molecule has 120 valence electrons. The second-order valence-corrected chi connectivity index (χ2v) is 8.43. The van der Waals surface area contributed by atoms with Crippen LogP contribution in [0.4, 0.5) is 0 Å². The summed E-state index contributed by atoms with van der Waals surface area (Å²) in [5.41, 5.74) is 1.06. The van der Waals surface area contributed by atoms with Crippen LogP contribution in [0.25, 0.3) is 10.2 Å². The predicted molar refractivity (Wildman–Crippen MR) is 86.1 cm³/mol. The lowest BCUT2D eigenvalue weighted by Crippen LogP contribution is -3.10. The van der Waals surface area contributed by atoms with E-state index in [1.807, 2.05) is 18.2 Å². The number of unbranched alkanes of at least 4 members (excludes halogenated alkanes) is 1. The van der Waals surface area contributed by atoms with Crippen LogP contribution in [0.1, 0.15) is 36.7 Å². The zero-order valence-electron chi connectivity index (χ0n) is 12.3. The minimum Gasteiger partial charge on any atom is -0.748 e. The number of nitrogens with zero attached hydrogens (tertiary/aromatic N) is 1. The van der Waals surface area contributed by atoms with Gasteiger partial charge in [0.2, 0.25) is 0 Å². The Morgan fingerprint density at radius 2 is 2.14 bits per heavy atom. The summed E-state index contributed by atoms with van der Waals surface area (Å²) >= 11 is 1.76. The molecule has 5 nitrogen and oxygen atoms in total. The summed E-state index contributed by atoms with van der Waals surface area (Å²) in [5.74, 6) is -0.244. The fraction of sp³-hybridized carbons (Fsp3) is 0.533. The van der Waals surface area contributed by atoms with Crippen molar-refractivity contribution in [3.8, 4) is 0 Å². The van der Waals surface area contributed by atoms with E-state index in [-0.39, 0.29) is 5.75 Å². The fourth-order valence-corrected chi connectivity index (χ4v) is 4.90. The molecule has 0 amide bonds. The maximum Gasteiger partial charge on any atom is 0.151 e. The van der Waals surface area contributed by atoms with Crippen molar-refractivity contribution in [3.63, 3.8) is 0 Å². The number of rotatable bonds is 6. The maximum atomic E-state index is 10.6. The lowest BCUT2D eigenvalue weighted by atomic mass is 10.2. The van der Waals surface area contributed by atoms with Crippen LogP contribution in [0.5, 0.6) is 0 Å². The molecule has 0 saturated carbocycles. The number of quaternary nitrogens is 1. The normalized spacial score (nSPS) is 22.4. The number of hydrogen-bond donors (Lipinski definition) is 1. The molecule has 1 aliphatic heterocycles. The van der Waals surface area contributed by atoms with Crippen LogP contribution in [0.3, 0.4) is 0 Å². The van der Waals surface area contributed by atoms with Gasteiger partial charge in [-0.25, -0.2) is 13.4 Å². The van der Waals surface area contributed by atoms with Crippen LogP contribution in [0, 0.1) is 0 Å². The third kappa shape index (κ3) is 3.84. The summed E-state index contributed by atoms with van der Waals surface area (Å²) in [6.07, 6.45) is 3.55. The van der Waals surface area contributed by atoms with E-state index in [1.54, 1.807) is 11.3 Å². The predicted octanol–water partition coefficient (Wildman–Crippen LogP) is 1.34. The van der Waals surface area contributed by atoms with Gasteiger partial charge in [-0.05, 0) is 25.0 Å². The second-order valence-electron chi connectivity index (χ2n) is 5.84. The van der Waals surface area contributed by atoms with E-state index in [0.717, 1.165) is 31.4 Å². The Kier molecular flexibility index (Phi) is 4.77. The molecule has 2 heterocycles. The van der Waals surface area contributed by atoms with Crippen LogP contribution in [-0.2, 0) is 10.1 Å². The van der Waals surface area contributed by atoms with Crippen LogP contribution >= 0.6 is 11.3 Å². The molecule has 1 saturated heterocycles. The summed E-state index contributed by atoms with van der Waals surface area (Å²) in [5, 5.41) is 1.19. The average Bonchev–Trinajstić information content (AvgIpc) is 3.08. The first kappa shape index (κ1) is 15.9. The SMILES string of the molecule is O=S(=O)([O-])CCCC[NH+]1CCC[C@@H]1c1nc2ccccc2s1. The van der Waals surface area contributed by atoms with Crippen LogP contribution in [0.15, 0.2) is 24.3 Å². The monoisotopic (exact) mass is 340 g/mol. The van der Waals surface area contributed by atoms with Crippen molar-refractivity contribution >= 4 is 31.7 Å². The Labute approximate surface area is 134 Å². The Balaban J connectivity index is 1.63. The van der Waals surface area contributed by atoms with Crippen molar-refractivity contribution in [1.29, 1.82) is 0 Å². The number of nitrogens with one attached hydrogen (secondary N) is 1. The number of para-hydroxylation sites is 1. The van der Waals surface area contributed by atoms with Gasteiger partial charge in [0, 0.05) is 18.6 Å². The molecule has 0 aliphatic carbocycles. The van der Waals surface area contributed by atoms with Gasteiger partial charge in [-0.2, -0.15) is 0 Å². The van der Waals surface area contributed by atoms with E-state index >= 15 is 0 Å². The molecule has 22 heavy (non-hydrogen) atoms.